The second-order valence-electron chi connectivity index (χ2n) is 7.32. The molecule has 2 rings (SSSR count). The van der Waals surface area contributed by atoms with Gasteiger partial charge in [-0.25, -0.2) is 0 Å². The van der Waals surface area contributed by atoms with E-state index in [1.54, 1.807) is 23.9 Å². The summed E-state index contributed by atoms with van der Waals surface area (Å²) in [5, 5.41) is 0. The molecule has 2 aromatic rings. The number of quaternary nitrogens is 1. The van der Waals surface area contributed by atoms with Crippen molar-refractivity contribution in [1.29, 1.82) is 0 Å². The highest BCUT2D eigenvalue weighted by atomic mass is 19.1. The van der Waals surface area contributed by atoms with E-state index in [1.807, 2.05) is 37.2 Å². The predicted octanol–water partition coefficient (Wildman–Crippen LogP) is 2.44. The van der Waals surface area contributed by atoms with Crippen LogP contribution in [0.2, 0.25) is 0 Å². The second-order valence-corrected chi connectivity index (χ2v) is 7.32. The monoisotopic (exact) mass is 333 g/mol. The lowest BCUT2D eigenvalue weighted by Crippen LogP contribution is -2.38. The molecule has 0 radical (unpaired) electrons. The average molecular weight is 333 g/mol. The van der Waals surface area contributed by atoms with Crippen LogP contribution in [-0.4, -0.2) is 46.8 Å². The maximum Gasteiger partial charge on any atom is 0.361 e. The van der Waals surface area contributed by atoms with Crippen molar-refractivity contribution < 1.29 is 18.2 Å². The molecule has 0 fully saturated rings. The van der Waals surface area contributed by atoms with Crippen LogP contribution < -0.4 is 14.2 Å². The predicted molar refractivity (Wildman–Crippen MR) is 94.8 cm³/mol. The van der Waals surface area contributed by atoms with E-state index < -0.39 is 0 Å². The average Bonchev–Trinajstić information content (AvgIpc) is 2.49. The molecule has 0 saturated carbocycles. The number of ether oxygens (including phenoxy) is 1. The molecule has 0 spiro atoms. The largest absolute Gasteiger partial charge is 0.496 e. The third-order valence-corrected chi connectivity index (χ3v) is 3.83. The summed E-state index contributed by atoms with van der Waals surface area (Å²) in [7, 11) is 11.9. The number of benzene rings is 1. The van der Waals surface area contributed by atoms with E-state index in [-0.39, 0.29) is 5.95 Å². The van der Waals surface area contributed by atoms with Crippen molar-refractivity contribution in [2.45, 2.75) is 13.1 Å². The molecule has 1 aromatic carbocycles. The molecule has 0 saturated heterocycles. The Labute approximate surface area is 144 Å². The molecule has 0 atom stereocenters. The van der Waals surface area contributed by atoms with Gasteiger partial charge in [0.2, 0.25) is 0 Å². The van der Waals surface area contributed by atoms with Gasteiger partial charge in [0, 0.05) is 31.3 Å². The Balaban J connectivity index is 2.24. The Bertz CT molecular complexity index is 708. The van der Waals surface area contributed by atoms with Crippen molar-refractivity contribution in [3.8, 4) is 5.75 Å². The lowest BCUT2D eigenvalue weighted by Gasteiger charge is -2.25. The van der Waals surface area contributed by atoms with Gasteiger partial charge in [-0.1, -0.05) is 6.07 Å². The Hall–Kier alpha value is -2.14. The summed E-state index contributed by atoms with van der Waals surface area (Å²) in [6.07, 6.45) is 1.77. The number of aromatic nitrogens is 1. The summed E-state index contributed by atoms with van der Waals surface area (Å²) in [5.41, 5.74) is 3.01. The van der Waals surface area contributed by atoms with E-state index in [0.29, 0.717) is 6.54 Å². The van der Waals surface area contributed by atoms with Gasteiger partial charge >= 0.3 is 5.95 Å². The van der Waals surface area contributed by atoms with E-state index in [1.165, 1.54) is 0 Å². The first-order valence-corrected chi connectivity index (χ1v) is 8.02. The maximum absolute atomic E-state index is 14.3. The number of anilines is 1. The van der Waals surface area contributed by atoms with Crippen LogP contribution in [0.25, 0.3) is 0 Å². The van der Waals surface area contributed by atoms with E-state index >= 15 is 0 Å². The van der Waals surface area contributed by atoms with Crippen molar-refractivity contribution in [2.75, 3.05) is 47.2 Å². The highest BCUT2D eigenvalue weighted by Gasteiger charge is 2.17. The first kappa shape index (κ1) is 18.2. The summed E-state index contributed by atoms with van der Waals surface area (Å²) < 4.78 is 22.2. The zero-order valence-corrected chi connectivity index (χ0v) is 15.5. The fraction of sp³-hybridized carbons (Fsp3) is 0.421. The molecule has 4 nitrogen and oxygen atoms in total. The zero-order valence-electron chi connectivity index (χ0n) is 15.5. The van der Waals surface area contributed by atoms with Crippen molar-refractivity contribution in [2.24, 2.45) is 0 Å². The summed E-state index contributed by atoms with van der Waals surface area (Å²) in [5.74, 6) is 0.599. The molecular formula is C19H28FN3O+2. The number of methoxy groups -OCH3 is 1. The SMILES string of the molecule is COc1cc(C[n+]2ccc(N(C)C)cc2F)ccc1C[N+](C)(C)C. The fourth-order valence-corrected chi connectivity index (χ4v) is 2.62. The molecule has 130 valence electrons. The van der Waals surface area contributed by atoms with Crippen LogP contribution in [0.5, 0.6) is 5.75 Å². The van der Waals surface area contributed by atoms with Crippen LogP contribution >= 0.6 is 0 Å². The quantitative estimate of drug-likeness (QED) is 0.459. The van der Waals surface area contributed by atoms with Crippen LogP contribution in [-0.2, 0) is 13.1 Å². The molecule has 0 unspecified atom stereocenters. The molecule has 0 aliphatic carbocycles. The first-order valence-electron chi connectivity index (χ1n) is 8.02. The third kappa shape index (κ3) is 4.68. The number of pyridine rings is 1. The minimum Gasteiger partial charge on any atom is -0.496 e. The van der Waals surface area contributed by atoms with Gasteiger partial charge in [0.1, 0.15) is 12.3 Å². The summed E-state index contributed by atoms with van der Waals surface area (Å²) in [4.78, 5) is 1.88. The van der Waals surface area contributed by atoms with Crippen LogP contribution in [0.15, 0.2) is 36.5 Å². The standard InChI is InChI=1S/C19H28FN3O/c1-21(2)17-9-10-22(19(20)12-17)13-15-7-8-16(14-23(3,4)5)18(11-15)24-6/h7-12H,13-14H2,1-6H3/q+2. The van der Waals surface area contributed by atoms with Crippen LogP contribution in [0, 0.1) is 5.95 Å². The zero-order chi connectivity index (χ0) is 17.9. The second kappa shape index (κ2) is 7.18. The lowest BCUT2D eigenvalue weighted by molar-refractivity contribution is -0.884. The topological polar surface area (TPSA) is 16.4 Å². The Kier molecular flexibility index (Phi) is 5.44. The summed E-state index contributed by atoms with van der Waals surface area (Å²) in [6.45, 7) is 1.35. The molecule has 0 amide bonds. The number of rotatable bonds is 6. The molecule has 1 heterocycles. The molecule has 24 heavy (non-hydrogen) atoms. The van der Waals surface area contributed by atoms with Gasteiger partial charge in [-0.05, 0) is 12.1 Å². The normalized spacial score (nSPS) is 11.5. The van der Waals surface area contributed by atoms with Crippen molar-refractivity contribution in [3.63, 3.8) is 0 Å². The molecule has 0 aliphatic heterocycles. The van der Waals surface area contributed by atoms with Gasteiger partial charge in [-0.15, -0.1) is 4.39 Å². The maximum atomic E-state index is 14.3. The minimum atomic E-state index is -0.254. The van der Waals surface area contributed by atoms with E-state index in [4.69, 9.17) is 4.74 Å². The number of halogens is 1. The van der Waals surface area contributed by atoms with Crippen LogP contribution in [0.3, 0.4) is 0 Å². The van der Waals surface area contributed by atoms with Gasteiger partial charge in [0.05, 0.1) is 40.0 Å². The number of nitrogens with zero attached hydrogens (tertiary/aromatic N) is 3. The van der Waals surface area contributed by atoms with Gasteiger partial charge in [0.15, 0.2) is 12.7 Å². The van der Waals surface area contributed by atoms with E-state index in [9.17, 15) is 4.39 Å². The third-order valence-electron chi connectivity index (χ3n) is 3.83. The van der Waals surface area contributed by atoms with Crippen LogP contribution in [0.1, 0.15) is 11.1 Å². The lowest BCUT2D eigenvalue weighted by atomic mass is 10.1. The molecule has 0 bridgehead atoms. The molecule has 1 aromatic heterocycles. The van der Waals surface area contributed by atoms with Crippen LogP contribution in [0.4, 0.5) is 10.1 Å². The van der Waals surface area contributed by atoms with E-state index in [0.717, 1.165) is 33.6 Å². The van der Waals surface area contributed by atoms with Gasteiger partial charge < -0.3 is 14.1 Å². The fourth-order valence-electron chi connectivity index (χ4n) is 2.62. The van der Waals surface area contributed by atoms with E-state index in [2.05, 4.69) is 27.2 Å². The number of hydrogen-bond donors (Lipinski definition) is 0. The Morgan fingerprint density at radius 1 is 1.12 bits per heavy atom. The Morgan fingerprint density at radius 2 is 1.83 bits per heavy atom. The molecule has 0 N–H and O–H groups in total. The molecule has 0 aliphatic rings. The van der Waals surface area contributed by atoms with Crippen molar-refractivity contribution in [3.05, 3.63) is 53.6 Å². The van der Waals surface area contributed by atoms with Gasteiger partial charge in [0.25, 0.3) is 0 Å². The smallest absolute Gasteiger partial charge is 0.361 e. The minimum absolute atomic E-state index is 0.254. The molecular weight excluding hydrogens is 305 g/mol. The first-order chi connectivity index (χ1) is 11.2. The van der Waals surface area contributed by atoms with Gasteiger partial charge in [-0.3, -0.25) is 0 Å². The van der Waals surface area contributed by atoms with Gasteiger partial charge in [-0.2, -0.15) is 4.57 Å². The highest BCUT2D eigenvalue weighted by molar-refractivity contribution is 5.42. The molecule has 5 heteroatoms. The Morgan fingerprint density at radius 3 is 2.38 bits per heavy atom. The van der Waals surface area contributed by atoms with Crippen molar-refractivity contribution >= 4 is 5.69 Å². The highest BCUT2D eigenvalue weighted by Crippen LogP contribution is 2.23. The summed E-state index contributed by atoms with van der Waals surface area (Å²) >= 11 is 0. The summed E-state index contributed by atoms with van der Waals surface area (Å²) in [6, 6.07) is 9.57. The van der Waals surface area contributed by atoms with Crippen molar-refractivity contribution in [1.82, 2.24) is 0 Å². The number of hydrogen-bond acceptors (Lipinski definition) is 2.